The van der Waals surface area contributed by atoms with Gasteiger partial charge in [-0.05, 0) is 54.3 Å². The number of benzene rings is 1. The highest BCUT2D eigenvalue weighted by Gasteiger charge is 2.20. The van der Waals surface area contributed by atoms with Crippen molar-refractivity contribution >= 4 is 35.7 Å². The summed E-state index contributed by atoms with van der Waals surface area (Å²) in [5.41, 5.74) is 1.21. The van der Waals surface area contributed by atoms with E-state index in [1.807, 2.05) is 12.1 Å². The van der Waals surface area contributed by atoms with Gasteiger partial charge in [0.25, 0.3) is 0 Å². The SMILES string of the molecule is CCCCCCCC/C=C\SC(c1ccc(Cl)cc1)=[N+](C)C.F[B-](F)(F)F. The Labute approximate surface area is 170 Å². The van der Waals surface area contributed by atoms with Gasteiger partial charge in [-0.15, -0.1) is 0 Å². The van der Waals surface area contributed by atoms with E-state index in [-0.39, 0.29) is 0 Å². The molecule has 0 unspecified atom stereocenters. The Morgan fingerprint density at radius 1 is 1.00 bits per heavy atom. The number of hydrogen-bond acceptors (Lipinski definition) is 1. The fraction of sp³-hybridized carbons (Fsp3) is 0.526. The van der Waals surface area contributed by atoms with Gasteiger partial charge in [0, 0.05) is 5.02 Å². The summed E-state index contributed by atoms with van der Waals surface area (Å²) >= 11 is 7.74. The van der Waals surface area contributed by atoms with Gasteiger partial charge in [-0.1, -0.05) is 56.7 Å². The molecule has 27 heavy (non-hydrogen) atoms. The summed E-state index contributed by atoms with van der Waals surface area (Å²) in [4.78, 5) is 0. The van der Waals surface area contributed by atoms with Gasteiger partial charge in [0.15, 0.2) is 0 Å². The molecule has 0 radical (unpaired) electrons. The van der Waals surface area contributed by atoms with Crippen LogP contribution >= 0.6 is 23.4 Å². The van der Waals surface area contributed by atoms with E-state index in [4.69, 9.17) is 11.6 Å². The first kappa shape index (κ1) is 26.1. The van der Waals surface area contributed by atoms with Gasteiger partial charge in [0.05, 0.1) is 5.56 Å². The molecule has 0 aliphatic rings. The highest BCUT2D eigenvalue weighted by Crippen LogP contribution is 2.18. The van der Waals surface area contributed by atoms with Gasteiger partial charge in [-0.3, -0.25) is 0 Å². The first-order valence-electron chi connectivity index (χ1n) is 9.14. The average molecular weight is 426 g/mol. The van der Waals surface area contributed by atoms with Crippen molar-refractivity contribution in [2.24, 2.45) is 0 Å². The third-order valence-electron chi connectivity index (χ3n) is 3.50. The zero-order chi connectivity index (χ0) is 20.7. The lowest BCUT2D eigenvalue weighted by atomic mass is 10.1. The van der Waals surface area contributed by atoms with E-state index in [2.05, 4.69) is 49.2 Å². The third-order valence-corrected chi connectivity index (χ3v) is 4.90. The molecule has 1 aromatic rings. The van der Waals surface area contributed by atoms with Crippen molar-refractivity contribution in [1.29, 1.82) is 0 Å². The first-order chi connectivity index (χ1) is 12.6. The van der Waals surface area contributed by atoms with Crippen molar-refractivity contribution in [2.75, 3.05) is 14.1 Å². The molecule has 0 saturated heterocycles. The second kappa shape index (κ2) is 15.0. The maximum absolute atomic E-state index is 9.75. The van der Waals surface area contributed by atoms with E-state index in [9.17, 15) is 17.3 Å². The quantitative estimate of drug-likeness (QED) is 0.0980. The summed E-state index contributed by atoms with van der Waals surface area (Å²) in [7, 11) is -1.84. The Morgan fingerprint density at radius 2 is 1.52 bits per heavy atom. The van der Waals surface area contributed by atoms with E-state index in [1.54, 1.807) is 11.8 Å². The number of nitrogens with zero attached hydrogens (tertiary/aromatic N) is 1. The molecule has 0 aromatic heterocycles. The lowest BCUT2D eigenvalue weighted by Gasteiger charge is -2.02. The second-order valence-electron chi connectivity index (χ2n) is 6.25. The van der Waals surface area contributed by atoms with Gasteiger partial charge in [-0.25, -0.2) is 4.58 Å². The molecule has 1 nitrogen and oxygen atoms in total. The van der Waals surface area contributed by atoms with Crippen molar-refractivity contribution in [2.45, 2.75) is 51.9 Å². The van der Waals surface area contributed by atoms with Crippen molar-refractivity contribution in [3.8, 4) is 0 Å². The predicted molar refractivity (Wildman–Crippen MR) is 113 cm³/mol. The van der Waals surface area contributed by atoms with Crippen LogP contribution in [-0.4, -0.2) is 31.0 Å². The van der Waals surface area contributed by atoms with Crippen LogP contribution in [-0.2, 0) is 0 Å². The highest BCUT2D eigenvalue weighted by atomic mass is 35.5. The zero-order valence-electron chi connectivity index (χ0n) is 16.2. The molecule has 0 amide bonds. The monoisotopic (exact) mass is 425 g/mol. The lowest BCUT2D eigenvalue weighted by Crippen LogP contribution is -2.10. The standard InChI is InChI=1S/C19H29ClNS.BF4/c1-4-5-6-7-8-9-10-11-16-22-19(21(2)3)17-12-14-18(20)15-13-17;2-1(3,4)5/h11-16H,4-10H2,1-3H3;/q+1;-1/b16-11-;. The van der Waals surface area contributed by atoms with Crippen LogP contribution < -0.4 is 0 Å². The van der Waals surface area contributed by atoms with Crippen LogP contribution in [0.4, 0.5) is 17.3 Å². The minimum Gasteiger partial charge on any atom is -0.418 e. The van der Waals surface area contributed by atoms with Gasteiger partial charge in [0.2, 0.25) is 5.04 Å². The molecule has 154 valence electrons. The minimum absolute atomic E-state index is 0.783. The predicted octanol–water partition coefficient (Wildman–Crippen LogP) is 7.66. The molecule has 1 aromatic carbocycles. The van der Waals surface area contributed by atoms with E-state index in [0.717, 1.165) is 5.02 Å². The van der Waals surface area contributed by atoms with Gasteiger partial charge >= 0.3 is 7.25 Å². The summed E-state index contributed by atoms with van der Waals surface area (Å²) in [6, 6.07) is 8.04. The minimum atomic E-state index is -6.00. The zero-order valence-corrected chi connectivity index (χ0v) is 17.8. The topological polar surface area (TPSA) is 3.01 Å². The van der Waals surface area contributed by atoms with E-state index < -0.39 is 7.25 Å². The average Bonchev–Trinajstić information content (AvgIpc) is 2.56. The van der Waals surface area contributed by atoms with Crippen molar-refractivity contribution in [1.82, 2.24) is 0 Å². The number of rotatable bonds is 9. The van der Waals surface area contributed by atoms with E-state index in [0.29, 0.717) is 0 Å². The molecule has 0 atom stereocenters. The number of allylic oxidation sites excluding steroid dienone is 1. The van der Waals surface area contributed by atoms with Gasteiger partial charge < -0.3 is 17.3 Å². The van der Waals surface area contributed by atoms with Gasteiger partial charge in [-0.2, -0.15) is 0 Å². The Bertz CT molecular complexity index is 564. The normalized spacial score (nSPS) is 11.3. The van der Waals surface area contributed by atoms with Crippen LogP contribution in [0.25, 0.3) is 0 Å². The van der Waals surface area contributed by atoms with E-state index in [1.165, 1.54) is 55.6 Å². The highest BCUT2D eigenvalue weighted by molar-refractivity contribution is 8.16. The summed E-state index contributed by atoms with van der Waals surface area (Å²) in [6.45, 7) is 2.26. The molecule has 0 fully saturated rings. The Morgan fingerprint density at radius 3 is 2.04 bits per heavy atom. The molecule has 0 bridgehead atoms. The summed E-state index contributed by atoms with van der Waals surface area (Å²) in [5.74, 6) is 0. The smallest absolute Gasteiger partial charge is 0.418 e. The van der Waals surface area contributed by atoms with Crippen LogP contribution in [0.3, 0.4) is 0 Å². The number of unbranched alkanes of at least 4 members (excludes halogenated alkanes) is 6. The van der Waals surface area contributed by atoms with Crippen molar-refractivity contribution in [3.05, 3.63) is 46.3 Å². The van der Waals surface area contributed by atoms with Crippen LogP contribution in [0.1, 0.15) is 57.4 Å². The molecule has 8 heteroatoms. The fourth-order valence-electron chi connectivity index (χ4n) is 2.25. The van der Waals surface area contributed by atoms with Crippen molar-refractivity contribution < 1.29 is 21.8 Å². The van der Waals surface area contributed by atoms with Crippen molar-refractivity contribution in [3.63, 3.8) is 0 Å². The Hall–Kier alpha value is -0.945. The largest absolute Gasteiger partial charge is 0.673 e. The van der Waals surface area contributed by atoms with Crippen LogP contribution in [0.15, 0.2) is 35.7 Å². The molecule has 0 spiro atoms. The third kappa shape index (κ3) is 16.9. The molecule has 0 aliphatic carbocycles. The number of thioether (sulfide) groups is 1. The second-order valence-corrected chi connectivity index (χ2v) is 7.58. The summed E-state index contributed by atoms with van der Waals surface area (Å²) in [5, 5.41) is 4.25. The summed E-state index contributed by atoms with van der Waals surface area (Å²) < 4.78 is 41.2. The lowest BCUT2D eigenvalue weighted by molar-refractivity contribution is -0.460. The number of halogens is 5. The van der Waals surface area contributed by atoms with E-state index >= 15 is 0 Å². The molecule has 0 N–H and O–H groups in total. The maximum atomic E-state index is 9.75. The molecule has 1 rings (SSSR count). The van der Waals surface area contributed by atoms with Crippen LogP contribution in [0.5, 0.6) is 0 Å². The maximum Gasteiger partial charge on any atom is 0.673 e. The van der Waals surface area contributed by atoms with Crippen LogP contribution in [0, 0.1) is 0 Å². The first-order valence-corrected chi connectivity index (χ1v) is 10.4. The molecular weight excluding hydrogens is 397 g/mol. The Kier molecular flexibility index (Phi) is 14.5. The van der Waals surface area contributed by atoms with Crippen LogP contribution in [0.2, 0.25) is 5.02 Å². The Balaban J connectivity index is 0.00000119. The fourth-order valence-corrected chi connectivity index (χ4v) is 3.22. The number of hydrogen-bond donors (Lipinski definition) is 0. The molecule has 0 heterocycles. The summed E-state index contributed by atoms with van der Waals surface area (Å²) in [6.07, 6.45) is 11.6. The molecule has 0 saturated carbocycles. The van der Waals surface area contributed by atoms with Gasteiger partial charge in [0.1, 0.15) is 14.1 Å². The molecular formula is C19H29BClF4NS. The molecule has 0 aliphatic heterocycles.